The zero-order valence-electron chi connectivity index (χ0n) is 11.4. The Morgan fingerprint density at radius 3 is 2.24 bits per heavy atom. The minimum Gasteiger partial charge on any atom is -0.497 e. The van der Waals surface area contributed by atoms with Gasteiger partial charge in [-0.3, -0.25) is 4.79 Å². The quantitative estimate of drug-likeness (QED) is 0.796. The number of hydrogen-bond donors (Lipinski definition) is 1. The average Bonchev–Trinajstić information content (AvgIpc) is 2.49. The SMILES string of the molecule is COc1cc(OC)cc(C(=O)Nc2ccc(F)cc2I)c1. The smallest absolute Gasteiger partial charge is 0.255 e. The number of benzene rings is 2. The molecule has 0 atom stereocenters. The second kappa shape index (κ2) is 6.75. The third-order valence-electron chi connectivity index (χ3n) is 2.79. The van der Waals surface area contributed by atoms with E-state index in [0.29, 0.717) is 26.3 Å². The largest absolute Gasteiger partial charge is 0.497 e. The highest BCUT2D eigenvalue weighted by Gasteiger charge is 2.12. The molecule has 0 bridgehead atoms. The van der Waals surface area contributed by atoms with Crippen molar-refractivity contribution in [1.29, 1.82) is 0 Å². The molecule has 0 saturated heterocycles. The summed E-state index contributed by atoms with van der Waals surface area (Å²) in [6.07, 6.45) is 0. The summed E-state index contributed by atoms with van der Waals surface area (Å²) >= 11 is 1.96. The van der Waals surface area contributed by atoms with Crippen LogP contribution in [0, 0.1) is 9.39 Å². The lowest BCUT2D eigenvalue weighted by Gasteiger charge is -2.10. The second-order valence-corrected chi connectivity index (χ2v) is 5.34. The van der Waals surface area contributed by atoms with E-state index >= 15 is 0 Å². The number of amides is 1. The number of carbonyl (C=O) groups is 1. The number of methoxy groups -OCH3 is 2. The summed E-state index contributed by atoms with van der Waals surface area (Å²) in [5, 5.41) is 2.73. The van der Waals surface area contributed by atoms with Crippen molar-refractivity contribution in [3.8, 4) is 11.5 Å². The van der Waals surface area contributed by atoms with Crippen LogP contribution in [-0.4, -0.2) is 20.1 Å². The van der Waals surface area contributed by atoms with Gasteiger partial charge >= 0.3 is 0 Å². The Labute approximate surface area is 135 Å². The molecule has 0 aliphatic rings. The van der Waals surface area contributed by atoms with Crippen LogP contribution in [0.25, 0.3) is 0 Å². The molecule has 0 aromatic heterocycles. The molecule has 1 N–H and O–H groups in total. The molecule has 0 unspecified atom stereocenters. The van der Waals surface area contributed by atoms with Gasteiger partial charge in [-0.2, -0.15) is 0 Å². The Morgan fingerprint density at radius 1 is 1.10 bits per heavy atom. The van der Waals surface area contributed by atoms with Crippen LogP contribution in [0.4, 0.5) is 10.1 Å². The average molecular weight is 401 g/mol. The van der Waals surface area contributed by atoms with E-state index in [1.54, 1.807) is 18.2 Å². The van der Waals surface area contributed by atoms with Gasteiger partial charge in [-0.1, -0.05) is 0 Å². The van der Waals surface area contributed by atoms with E-state index < -0.39 is 0 Å². The Kier molecular flexibility index (Phi) is 5.00. The van der Waals surface area contributed by atoms with E-state index in [9.17, 15) is 9.18 Å². The summed E-state index contributed by atoms with van der Waals surface area (Å²) in [7, 11) is 3.03. The van der Waals surface area contributed by atoms with E-state index in [4.69, 9.17) is 9.47 Å². The maximum atomic E-state index is 13.1. The van der Waals surface area contributed by atoms with Crippen molar-refractivity contribution in [2.45, 2.75) is 0 Å². The van der Waals surface area contributed by atoms with Crippen LogP contribution >= 0.6 is 22.6 Å². The van der Waals surface area contributed by atoms with Gasteiger partial charge in [0.15, 0.2) is 0 Å². The van der Waals surface area contributed by atoms with Crippen LogP contribution in [0.1, 0.15) is 10.4 Å². The minimum atomic E-state index is -0.347. The first kappa shape index (κ1) is 15.6. The van der Waals surface area contributed by atoms with Crippen molar-refractivity contribution in [2.75, 3.05) is 19.5 Å². The molecule has 2 aromatic carbocycles. The molecule has 2 rings (SSSR count). The zero-order valence-corrected chi connectivity index (χ0v) is 13.6. The predicted octanol–water partition coefficient (Wildman–Crippen LogP) is 3.70. The summed E-state index contributed by atoms with van der Waals surface area (Å²) in [4.78, 5) is 12.3. The third kappa shape index (κ3) is 3.84. The minimum absolute atomic E-state index is 0.322. The van der Waals surface area contributed by atoms with Crippen molar-refractivity contribution < 1.29 is 18.7 Å². The number of nitrogens with one attached hydrogen (secondary N) is 1. The molecule has 0 spiro atoms. The highest BCUT2D eigenvalue weighted by molar-refractivity contribution is 14.1. The van der Waals surface area contributed by atoms with Crippen LogP contribution in [0.5, 0.6) is 11.5 Å². The Bertz CT molecular complexity index is 654. The highest BCUT2D eigenvalue weighted by Crippen LogP contribution is 2.24. The van der Waals surface area contributed by atoms with Gasteiger partial charge in [0.2, 0.25) is 0 Å². The van der Waals surface area contributed by atoms with Gasteiger partial charge in [-0.25, -0.2) is 4.39 Å². The zero-order chi connectivity index (χ0) is 15.4. The monoisotopic (exact) mass is 401 g/mol. The predicted molar refractivity (Wildman–Crippen MR) is 86.6 cm³/mol. The van der Waals surface area contributed by atoms with Crippen LogP contribution < -0.4 is 14.8 Å². The number of anilines is 1. The van der Waals surface area contributed by atoms with Crippen molar-refractivity contribution in [1.82, 2.24) is 0 Å². The molecule has 0 aliphatic heterocycles. The first-order chi connectivity index (χ1) is 10.0. The fourth-order valence-electron chi connectivity index (χ4n) is 1.72. The summed E-state index contributed by atoms with van der Waals surface area (Å²) in [6, 6.07) is 9.06. The first-order valence-electron chi connectivity index (χ1n) is 6.03. The van der Waals surface area contributed by atoms with Gasteiger partial charge in [0.1, 0.15) is 17.3 Å². The molecule has 4 nitrogen and oxygen atoms in total. The summed E-state index contributed by atoms with van der Waals surface area (Å²) in [6.45, 7) is 0. The molecule has 0 radical (unpaired) electrons. The number of carbonyl (C=O) groups excluding carboxylic acids is 1. The third-order valence-corrected chi connectivity index (χ3v) is 3.69. The molecule has 0 heterocycles. The normalized spacial score (nSPS) is 10.1. The van der Waals surface area contributed by atoms with Crippen LogP contribution in [0.15, 0.2) is 36.4 Å². The fraction of sp³-hybridized carbons (Fsp3) is 0.133. The van der Waals surface area contributed by atoms with Crippen LogP contribution in [0.2, 0.25) is 0 Å². The van der Waals surface area contributed by atoms with Crippen molar-refractivity contribution >= 4 is 34.2 Å². The molecular formula is C15H13FINO3. The lowest BCUT2D eigenvalue weighted by molar-refractivity contribution is 0.102. The van der Waals surface area contributed by atoms with Gasteiger partial charge in [0.25, 0.3) is 5.91 Å². The summed E-state index contributed by atoms with van der Waals surface area (Å²) in [5.74, 6) is 0.374. The number of rotatable bonds is 4. The fourth-order valence-corrected chi connectivity index (χ4v) is 2.34. The summed E-state index contributed by atoms with van der Waals surface area (Å²) < 4.78 is 23.9. The molecule has 0 saturated carbocycles. The molecule has 1 amide bonds. The van der Waals surface area contributed by atoms with Crippen LogP contribution in [0.3, 0.4) is 0 Å². The van der Waals surface area contributed by atoms with E-state index in [1.807, 2.05) is 22.6 Å². The number of halogens is 2. The molecule has 6 heteroatoms. The molecular weight excluding hydrogens is 388 g/mol. The van der Waals surface area contributed by atoms with Crippen molar-refractivity contribution in [3.05, 3.63) is 51.3 Å². The maximum absolute atomic E-state index is 13.1. The Hall–Kier alpha value is -1.83. The Balaban J connectivity index is 2.27. The van der Waals surface area contributed by atoms with E-state index in [1.165, 1.54) is 32.4 Å². The van der Waals surface area contributed by atoms with E-state index in [2.05, 4.69) is 5.32 Å². The number of ether oxygens (including phenoxy) is 2. The molecule has 0 fully saturated rings. The standard InChI is InChI=1S/C15H13FINO3/c1-20-11-5-9(6-12(8-11)21-2)15(19)18-14-4-3-10(16)7-13(14)17/h3-8H,1-2H3,(H,18,19). The molecule has 0 aliphatic carbocycles. The van der Waals surface area contributed by atoms with Crippen molar-refractivity contribution in [2.24, 2.45) is 0 Å². The van der Waals surface area contributed by atoms with Crippen molar-refractivity contribution in [3.63, 3.8) is 0 Å². The second-order valence-electron chi connectivity index (χ2n) is 4.18. The van der Waals surface area contributed by atoms with E-state index in [0.717, 1.165) is 0 Å². The van der Waals surface area contributed by atoms with Gasteiger partial charge in [0.05, 0.1) is 19.9 Å². The molecule has 110 valence electrons. The summed E-state index contributed by atoms with van der Waals surface area (Å²) in [5.41, 5.74) is 0.940. The number of hydrogen-bond acceptors (Lipinski definition) is 3. The van der Waals surface area contributed by atoms with Gasteiger partial charge in [0, 0.05) is 15.2 Å². The van der Waals surface area contributed by atoms with Gasteiger partial charge in [-0.15, -0.1) is 0 Å². The topological polar surface area (TPSA) is 47.6 Å². The lowest BCUT2D eigenvalue weighted by Crippen LogP contribution is -2.13. The van der Waals surface area contributed by atoms with Gasteiger partial charge < -0.3 is 14.8 Å². The first-order valence-corrected chi connectivity index (χ1v) is 7.11. The Morgan fingerprint density at radius 2 is 1.71 bits per heavy atom. The van der Waals surface area contributed by atoms with E-state index in [-0.39, 0.29) is 11.7 Å². The molecule has 21 heavy (non-hydrogen) atoms. The lowest BCUT2D eigenvalue weighted by atomic mass is 10.2. The van der Waals surface area contributed by atoms with Gasteiger partial charge in [-0.05, 0) is 52.9 Å². The van der Waals surface area contributed by atoms with Crippen LogP contribution in [-0.2, 0) is 0 Å². The highest BCUT2D eigenvalue weighted by atomic mass is 127. The maximum Gasteiger partial charge on any atom is 0.255 e. The molecule has 2 aromatic rings.